The molecule has 0 aliphatic carbocycles. The van der Waals surface area contributed by atoms with Crippen molar-refractivity contribution in [2.45, 2.75) is 10.9 Å². The number of nitrogen functional groups attached to an aromatic ring is 1. The Morgan fingerprint density at radius 3 is 2.75 bits per heavy atom. The Morgan fingerprint density at radius 2 is 1.96 bits per heavy atom. The SMILES string of the molecule is COc1cccc(-c2nc(CSc3nnc(-c4ccc(F)cc4)n3N)cs2)c1. The molecule has 142 valence electrons. The van der Waals surface area contributed by atoms with Crippen molar-refractivity contribution >= 4 is 23.1 Å². The van der Waals surface area contributed by atoms with Crippen LogP contribution in [0.1, 0.15) is 5.69 Å². The molecular weight excluding hydrogens is 397 g/mol. The summed E-state index contributed by atoms with van der Waals surface area (Å²) in [7, 11) is 1.65. The summed E-state index contributed by atoms with van der Waals surface area (Å²) < 4.78 is 19.8. The maximum Gasteiger partial charge on any atom is 0.210 e. The predicted octanol–water partition coefficient (Wildman–Crippen LogP) is 4.22. The molecule has 0 fully saturated rings. The van der Waals surface area contributed by atoms with E-state index in [-0.39, 0.29) is 5.82 Å². The van der Waals surface area contributed by atoms with Crippen molar-refractivity contribution in [3.8, 4) is 27.7 Å². The molecule has 0 saturated heterocycles. The molecule has 2 aromatic carbocycles. The summed E-state index contributed by atoms with van der Waals surface area (Å²) in [6.45, 7) is 0. The van der Waals surface area contributed by atoms with Gasteiger partial charge in [-0.25, -0.2) is 14.1 Å². The van der Waals surface area contributed by atoms with Gasteiger partial charge in [-0.15, -0.1) is 21.5 Å². The lowest BCUT2D eigenvalue weighted by Gasteiger charge is -2.03. The number of methoxy groups -OCH3 is 1. The van der Waals surface area contributed by atoms with Gasteiger partial charge in [-0.2, -0.15) is 0 Å². The van der Waals surface area contributed by atoms with Gasteiger partial charge in [0.25, 0.3) is 0 Å². The summed E-state index contributed by atoms with van der Waals surface area (Å²) in [4.78, 5) is 4.68. The maximum absolute atomic E-state index is 13.1. The second-order valence-electron chi connectivity index (χ2n) is 5.85. The molecule has 0 bridgehead atoms. The van der Waals surface area contributed by atoms with Crippen LogP contribution in [0, 0.1) is 5.82 Å². The summed E-state index contributed by atoms with van der Waals surface area (Å²) in [5.74, 6) is 7.70. The van der Waals surface area contributed by atoms with Crippen LogP contribution in [0.5, 0.6) is 5.75 Å². The third-order valence-corrected chi connectivity index (χ3v) is 5.90. The van der Waals surface area contributed by atoms with Crippen LogP contribution in [-0.2, 0) is 5.75 Å². The second kappa shape index (κ2) is 7.99. The molecule has 0 radical (unpaired) electrons. The van der Waals surface area contributed by atoms with Crippen molar-refractivity contribution < 1.29 is 9.13 Å². The fourth-order valence-corrected chi connectivity index (χ4v) is 4.24. The van der Waals surface area contributed by atoms with Crippen molar-refractivity contribution in [2.75, 3.05) is 13.0 Å². The van der Waals surface area contributed by atoms with Crippen LogP contribution in [0.2, 0.25) is 0 Å². The lowest BCUT2D eigenvalue weighted by atomic mass is 10.2. The van der Waals surface area contributed by atoms with Gasteiger partial charge in [0.05, 0.1) is 12.8 Å². The highest BCUT2D eigenvalue weighted by atomic mass is 32.2. The number of benzene rings is 2. The van der Waals surface area contributed by atoms with E-state index in [2.05, 4.69) is 15.2 Å². The van der Waals surface area contributed by atoms with E-state index >= 15 is 0 Å². The van der Waals surface area contributed by atoms with Crippen molar-refractivity contribution in [3.63, 3.8) is 0 Å². The molecule has 0 amide bonds. The quantitative estimate of drug-likeness (QED) is 0.377. The number of hydrogen-bond donors (Lipinski definition) is 1. The molecule has 0 unspecified atom stereocenters. The Kier molecular flexibility index (Phi) is 5.27. The van der Waals surface area contributed by atoms with E-state index in [1.807, 2.05) is 29.6 Å². The van der Waals surface area contributed by atoms with Gasteiger partial charge in [0.1, 0.15) is 16.6 Å². The van der Waals surface area contributed by atoms with Gasteiger partial charge in [-0.1, -0.05) is 23.9 Å². The Morgan fingerprint density at radius 1 is 1.14 bits per heavy atom. The van der Waals surface area contributed by atoms with E-state index in [9.17, 15) is 4.39 Å². The molecule has 0 saturated carbocycles. The average Bonchev–Trinajstić information content (AvgIpc) is 3.34. The number of halogens is 1. The van der Waals surface area contributed by atoms with Crippen LogP contribution < -0.4 is 10.6 Å². The van der Waals surface area contributed by atoms with Crippen LogP contribution in [0.4, 0.5) is 4.39 Å². The molecule has 2 aromatic heterocycles. The third kappa shape index (κ3) is 3.85. The molecule has 0 spiro atoms. The molecule has 28 heavy (non-hydrogen) atoms. The topological polar surface area (TPSA) is 78.9 Å². The van der Waals surface area contributed by atoms with Crippen LogP contribution in [-0.4, -0.2) is 27.0 Å². The molecule has 0 atom stereocenters. The minimum Gasteiger partial charge on any atom is -0.497 e. The van der Waals surface area contributed by atoms with Gasteiger partial charge in [0, 0.05) is 22.3 Å². The van der Waals surface area contributed by atoms with E-state index in [1.54, 1.807) is 30.6 Å². The summed E-state index contributed by atoms with van der Waals surface area (Å²) in [5.41, 5.74) is 2.65. The summed E-state index contributed by atoms with van der Waals surface area (Å²) >= 11 is 3.02. The first-order valence-corrected chi connectivity index (χ1v) is 10.2. The van der Waals surface area contributed by atoms with Crippen molar-refractivity contribution in [1.82, 2.24) is 19.9 Å². The molecule has 6 nitrogen and oxygen atoms in total. The Hall–Kier alpha value is -2.91. The standard InChI is InChI=1S/C19H16FN5OS2/c1-26-16-4-2-3-13(9-16)18-22-15(10-27-18)11-28-19-24-23-17(25(19)21)12-5-7-14(20)8-6-12/h2-10H,11,21H2,1H3. The fraction of sp³-hybridized carbons (Fsp3) is 0.105. The molecule has 4 aromatic rings. The maximum atomic E-state index is 13.1. The number of rotatable bonds is 6. The molecule has 4 rings (SSSR count). The summed E-state index contributed by atoms with van der Waals surface area (Å²) in [6, 6.07) is 13.8. The number of thiazole rings is 1. The minimum atomic E-state index is -0.309. The van der Waals surface area contributed by atoms with Crippen molar-refractivity contribution in [3.05, 3.63) is 65.4 Å². The normalized spacial score (nSPS) is 10.9. The van der Waals surface area contributed by atoms with Crippen LogP contribution in [0.15, 0.2) is 59.1 Å². The monoisotopic (exact) mass is 413 g/mol. The van der Waals surface area contributed by atoms with Gasteiger partial charge in [0.15, 0.2) is 5.82 Å². The highest BCUT2D eigenvalue weighted by Crippen LogP contribution is 2.30. The van der Waals surface area contributed by atoms with E-state index in [4.69, 9.17) is 10.6 Å². The minimum absolute atomic E-state index is 0.309. The first-order valence-electron chi connectivity index (χ1n) is 8.32. The Balaban J connectivity index is 1.47. The van der Waals surface area contributed by atoms with Crippen LogP contribution >= 0.6 is 23.1 Å². The molecule has 2 N–H and O–H groups in total. The fourth-order valence-electron chi connectivity index (χ4n) is 2.57. The zero-order valence-corrected chi connectivity index (χ0v) is 16.5. The molecule has 2 heterocycles. The number of ether oxygens (including phenoxy) is 1. The van der Waals surface area contributed by atoms with E-state index < -0.39 is 0 Å². The van der Waals surface area contributed by atoms with Gasteiger partial charge in [-0.05, 0) is 36.4 Å². The van der Waals surface area contributed by atoms with Crippen LogP contribution in [0.25, 0.3) is 22.0 Å². The molecule has 0 aliphatic heterocycles. The molecule has 0 aliphatic rings. The van der Waals surface area contributed by atoms with E-state index in [0.717, 1.165) is 22.0 Å². The summed E-state index contributed by atoms with van der Waals surface area (Å²) in [5, 5.41) is 11.8. The lowest BCUT2D eigenvalue weighted by molar-refractivity contribution is 0.415. The van der Waals surface area contributed by atoms with E-state index in [0.29, 0.717) is 22.3 Å². The van der Waals surface area contributed by atoms with Gasteiger partial charge >= 0.3 is 0 Å². The predicted molar refractivity (Wildman–Crippen MR) is 109 cm³/mol. The Bertz CT molecular complexity index is 1090. The largest absolute Gasteiger partial charge is 0.497 e. The third-order valence-electron chi connectivity index (χ3n) is 3.98. The number of thioether (sulfide) groups is 1. The van der Waals surface area contributed by atoms with Gasteiger partial charge in [0.2, 0.25) is 5.16 Å². The number of hydrogen-bond acceptors (Lipinski definition) is 7. The summed E-state index contributed by atoms with van der Waals surface area (Å²) in [6.07, 6.45) is 0. The number of nitrogens with zero attached hydrogens (tertiary/aromatic N) is 4. The average molecular weight is 414 g/mol. The lowest BCUT2D eigenvalue weighted by Crippen LogP contribution is -2.11. The van der Waals surface area contributed by atoms with Crippen molar-refractivity contribution in [2.24, 2.45) is 0 Å². The van der Waals surface area contributed by atoms with Crippen LogP contribution in [0.3, 0.4) is 0 Å². The zero-order valence-electron chi connectivity index (χ0n) is 14.9. The smallest absolute Gasteiger partial charge is 0.210 e. The number of nitrogens with two attached hydrogens (primary N) is 1. The van der Waals surface area contributed by atoms with Gasteiger partial charge < -0.3 is 10.6 Å². The second-order valence-corrected chi connectivity index (χ2v) is 7.65. The number of aromatic nitrogens is 4. The van der Waals surface area contributed by atoms with Gasteiger partial charge in [-0.3, -0.25) is 0 Å². The Labute approximate surface area is 169 Å². The highest BCUT2D eigenvalue weighted by molar-refractivity contribution is 7.98. The zero-order chi connectivity index (χ0) is 19.5. The molecule has 9 heteroatoms. The molecular formula is C19H16FN5OS2. The highest BCUT2D eigenvalue weighted by Gasteiger charge is 2.13. The van der Waals surface area contributed by atoms with Crippen molar-refractivity contribution in [1.29, 1.82) is 0 Å². The first kappa shape index (κ1) is 18.5. The van der Waals surface area contributed by atoms with E-state index in [1.165, 1.54) is 28.6 Å². The first-order chi connectivity index (χ1) is 13.6.